The van der Waals surface area contributed by atoms with Gasteiger partial charge in [-0.1, -0.05) is 97.9 Å². The molecule has 1 amide bonds. The molecule has 3 aromatic rings. The minimum atomic E-state index is 0.0885. The van der Waals surface area contributed by atoms with E-state index in [0.29, 0.717) is 12.5 Å². The molecule has 5 rings (SSSR count). The number of para-hydroxylation sites is 1. The predicted molar refractivity (Wildman–Crippen MR) is 157 cm³/mol. The molecule has 0 N–H and O–H groups in total. The maximum Gasteiger partial charge on any atom is 0.228 e. The van der Waals surface area contributed by atoms with E-state index in [0.717, 1.165) is 50.7 Å². The van der Waals surface area contributed by atoms with Crippen LogP contribution >= 0.6 is 11.6 Å². The van der Waals surface area contributed by atoms with Crippen molar-refractivity contribution >= 4 is 23.2 Å². The number of carbonyl (C=O) groups excluding carboxylic acids is 1. The molecule has 0 spiro atoms. The first-order valence-electron chi connectivity index (χ1n) is 14.3. The maximum absolute atomic E-state index is 13.8. The molecule has 3 aromatic carbocycles. The second-order valence-electron chi connectivity index (χ2n) is 10.9. The quantitative estimate of drug-likeness (QED) is 0.351. The molecule has 1 fully saturated rings. The third-order valence-electron chi connectivity index (χ3n) is 7.95. The molecule has 0 aliphatic carbocycles. The average molecular weight is 530 g/mol. The van der Waals surface area contributed by atoms with Crippen LogP contribution in [0.3, 0.4) is 0 Å². The van der Waals surface area contributed by atoms with Crippen molar-refractivity contribution in [2.24, 2.45) is 5.92 Å². The number of hydrogen-bond donors (Lipinski definition) is 0. The van der Waals surface area contributed by atoms with Crippen LogP contribution in [0, 0.1) is 5.92 Å². The summed E-state index contributed by atoms with van der Waals surface area (Å²) in [5, 5.41) is 0.763. The highest BCUT2D eigenvalue weighted by molar-refractivity contribution is 6.30. The minimum Gasteiger partial charge on any atom is -0.367 e. The largest absolute Gasteiger partial charge is 0.367 e. The highest BCUT2D eigenvalue weighted by Gasteiger charge is 2.35. The van der Waals surface area contributed by atoms with E-state index in [1.54, 1.807) is 0 Å². The number of likely N-dealkylation sites (tertiary alicyclic amines) is 1. The van der Waals surface area contributed by atoms with Crippen molar-refractivity contribution in [3.8, 4) is 0 Å². The molecular formula is C33H40ClN3O. The Morgan fingerprint density at radius 3 is 2.11 bits per heavy atom. The van der Waals surface area contributed by atoms with Gasteiger partial charge in [0.15, 0.2) is 0 Å². The molecule has 5 heteroatoms. The molecule has 200 valence electrons. The van der Waals surface area contributed by atoms with Crippen molar-refractivity contribution in [1.29, 1.82) is 0 Å². The van der Waals surface area contributed by atoms with Crippen LogP contribution in [0.15, 0.2) is 78.9 Å². The fraction of sp³-hybridized carbons (Fsp3) is 0.424. The number of amides is 1. The number of anilines is 1. The highest BCUT2D eigenvalue weighted by Crippen LogP contribution is 2.28. The summed E-state index contributed by atoms with van der Waals surface area (Å²) < 4.78 is 0. The Bertz CT molecular complexity index is 1160. The van der Waals surface area contributed by atoms with E-state index >= 15 is 0 Å². The maximum atomic E-state index is 13.8. The Labute approximate surface area is 233 Å². The van der Waals surface area contributed by atoms with E-state index in [1.807, 2.05) is 12.1 Å². The van der Waals surface area contributed by atoms with Crippen molar-refractivity contribution in [3.05, 3.63) is 101 Å². The standard InChI is InChI=1S/C33H40ClN3O/c34-31-18-16-28(17-19-31)22-35-24-30(25-35)33(38)37-21-11-4-2-1-3-10-20-36(23-27-12-6-5-7-13-27)32-15-9-8-14-29(32)26-37/h5-9,12-19,30H,1-4,10-11,20-26H2. The predicted octanol–water partition coefficient (Wildman–Crippen LogP) is 7.16. The summed E-state index contributed by atoms with van der Waals surface area (Å²) >= 11 is 6.04. The molecular weight excluding hydrogens is 490 g/mol. The normalized spacial score (nSPS) is 18.0. The Morgan fingerprint density at radius 2 is 1.34 bits per heavy atom. The van der Waals surface area contributed by atoms with E-state index < -0.39 is 0 Å². The van der Waals surface area contributed by atoms with E-state index in [1.165, 1.54) is 54.5 Å². The topological polar surface area (TPSA) is 26.8 Å². The van der Waals surface area contributed by atoms with Crippen molar-refractivity contribution in [3.63, 3.8) is 0 Å². The van der Waals surface area contributed by atoms with Gasteiger partial charge in [0.25, 0.3) is 0 Å². The van der Waals surface area contributed by atoms with Gasteiger partial charge >= 0.3 is 0 Å². The number of hydrogen-bond acceptors (Lipinski definition) is 3. The summed E-state index contributed by atoms with van der Waals surface area (Å²) in [7, 11) is 0. The van der Waals surface area contributed by atoms with Crippen molar-refractivity contribution < 1.29 is 4.79 Å². The van der Waals surface area contributed by atoms with Crippen LogP contribution < -0.4 is 4.90 Å². The summed E-state index contributed by atoms with van der Waals surface area (Å²) in [6, 6.07) is 27.5. The molecule has 0 radical (unpaired) electrons. The van der Waals surface area contributed by atoms with Gasteiger partial charge in [0.2, 0.25) is 5.91 Å². The SMILES string of the molecule is O=C(C1CN(Cc2ccc(Cl)cc2)C1)N1CCCCCCCCN(Cc2ccccc2)c2ccccc2C1. The lowest BCUT2D eigenvalue weighted by Gasteiger charge is -2.41. The smallest absolute Gasteiger partial charge is 0.228 e. The third-order valence-corrected chi connectivity index (χ3v) is 8.21. The number of rotatable bonds is 5. The zero-order valence-corrected chi connectivity index (χ0v) is 23.2. The minimum absolute atomic E-state index is 0.0885. The second-order valence-corrected chi connectivity index (χ2v) is 11.4. The Kier molecular flexibility index (Phi) is 9.37. The molecule has 0 unspecified atom stereocenters. The summed E-state index contributed by atoms with van der Waals surface area (Å²) in [4.78, 5) is 20.8. The van der Waals surface area contributed by atoms with Crippen LogP contribution in [-0.2, 0) is 24.4 Å². The van der Waals surface area contributed by atoms with Gasteiger partial charge in [-0.05, 0) is 47.7 Å². The van der Waals surface area contributed by atoms with E-state index in [-0.39, 0.29) is 5.92 Å². The van der Waals surface area contributed by atoms with Crippen molar-refractivity contribution in [1.82, 2.24) is 9.80 Å². The fourth-order valence-electron chi connectivity index (χ4n) is 5.79. The van der Waals surface area contributed by atoms with Crippen LogP contribution in [0.25, 0.3) is 0 Å². The van der Waals surface area contributed by atoms with Gasteiger partial charge in [0.05, 0.1) is 5.92 Å². The van der Waals surface area contributed by atoms with Gasteiger partial charge in [0.1, 0.15) is 0 Å². The Balaban J connectivity index is 1.29. The molecule has 38 heavy (non-hydrogen) atoms. The van der Waals surface area contributed by atoms with Gasteiger partial charge in [-0.25, -0.2) is 0 Å². The summed E-state index contributed by atoms with van der Waals surface area (Å²) in [6.45, 7) is 6.02. The zero-order chi connectivity index (χ0) is 26.2. The molecule has 0 bridgehead atoms. The highest BCUT2D eigenvalue weighted by atomic mass is 35.5. The monoisotopic (exact) mass is 529 g/mol. The van der Waals surface area contributed by atoms with E-state index in [9.17, 15) is 4.79 Å². The van der Waals surface area contributed by atoms with Crippen LogP contribution in [0.1, 0.15) is 55.2 Å². The summed E-state index contributed by atoms with van der Waals surface area (Å²) in [5.74, 6) is 0.405. The number of halogens is 1. The zero-order valence-electron chi connectivity index (χ0n) is 22.4. The number of carbonyl (C=O) groups is 1. The average Bonchev–Trinajstić information content (AvgIpc) is 2.93. The lowest BCUT2D eigenvalue weighted by molar-refractivity contribution is -0.142. The van der Waals surface area contributed by atoms with Gasteiger partial charge in [0, 0.05) is 56.5 Å². The van der Waals surface area contributed by atoms with E-state index in [2.05, 4.69) is 81.4 Å². The fourth-order valence-corrected chi connectivity index (χ4v) is 5.91. The molecule has 0 aromatic heterocycles. The first-order valence-corrected chi connectivity index (χ1v) is 14.7. The van der Waals surface area contributed by atoms with Crippen LogP contribution in [0.4, 0.5) is 5.69 Å². The first-order chi connectivity index (χ1) is 18.7. The molecule has 2 aliphatic rings. The Morgan fingerprint density at radius 1 is 0.711 bits per heavy atom. The van der Waals surface area contributed by atoms with Gasteiger partial charge in [-0.15, -0.1) is 0 Å². The van der Waals surface area contributed by atoms with Crippen molar-refractivity contribution in [2.45, 2.75) is 58.2 Å². The van der Waals surface area contributed by atoms with Gasteiger partial charge < -0.3 is 9.80 Å². The van der Waals surface area contributed by atoms with Crippen molar-refractivity contribution in [2.75, 3.05) is 31.1 Å². The number of fused-ring (bicyclic) bond motifs is 1. The third kappa shape index (κ3) is 7.18. The van der Waals surface area contributed by atoms with Gasteiger partial charge in [-0.2, -0.15) is 0 Å². The second kappa shape index (κ2) is 13.3. The number of nitrogens with zero attached hydrogens (tertiary/aromatic N) is 3. The molecule has 2 heterocycles. The van der Waals surface area contributed by atoms with E-state index in [4.69, 9.17) is 11.6 Å². The molecule has 0 atom stereocenters. The molecule has 0 saturated carbocycles. The Hall–Kier alpha value is -2.82. The number of benzene rings is 3. The lowest BCUT2D eigenvalue weighted by atomic mass is 9.96. The summed E-state index contributed by atoms with van der Waals surface area (Å²) in [5.41, 5.74) is 5.10. The lowest BCUT2D eigenvalue weighted by Crippen LogP contribution is -2.54. The van der Waals surface area contributed by atoms with Crippen LogP contribution in [0.2, 0.25) is 5.02 Å². The molecule has 1 saturated heterocycles. The van der Waals surface area contributed by atoms with Gasteiger partial charge in [-0.3, -0.25) is 9.69 Å². The first kappa shape index (κ1) is 26.8. The van der Waals surface area contributed by atoms with Crippen LogP contribution in [-0.4, -0.2) is 41.9 Å². The van der Waals surface area contributed by atoms with Crippen LogP contribution in [0.5, 0.6) is 0 Å². The molecule has 4 nitrogen and oxygen atoms in total. The summed E-state index contributed by atoms with van der Waals surface area (Å²) in [6.07, 6.45) is 7.29. The molecule has 2 aliphatic heterocycles.